The summed E-state index contributed by atoms with van der Waals surface area (Å²) < 4.78 is 12.5. The Bertz CT molecular complexity index is 691. The zero-order valence-electron chi connectivity index (χ0n) is 11.7. The van der Waals surface area contributed by atoms with E-state index in [0.717, 1.165) is 17.7 Å². The molecule has 1 aliphatic heterocycles. The fraction of sp³-hybridized carbons (Fsp3) is 0.286. The maximum absolute atomic E-state index is 5.97. The van der Waals surface area contributed by atoms with Gasteiger partial charge < -0.3 is 9.47 Å². The van der Waals surface area contributed by atoms with Gasteiger partial charge in [-0.05, 0) is 35.8 Å². The fourth-order valence-electron chi connectivity index (χ4n) is 2.26. The van der Waals surface area contributed by atoms with Crippen LogP contribution in [-0.2, 0) is 6.42 Å². The van der Waals surface area contributed by atoms with Crippen molar-refractivity contribution in [2.45, 2.75) is 25.9 Å². The van der Waals surface area contributed by atoms with E-state index in [1.165, 1.54) is 0 Å². The van der Waals surface area contributed by atoms with Gasteiger partial charge in [0.25, 0.3) is 0 Å². The molecule has 0 unspecified atom stereocenters. The van der Waals surface area contributed by atoms with Crippen molar-refractivity contribution in [1.82, 2.24) is 9.97 Å². The third-order valence-corrected chi connectivity index (χ3v) is 3.65. The van der Waals surface area contributed by atoms with Gasteiger partial charge in [0.2, 0.25) is 11.8 Å². The molecule has 0 spiro atoms. The average molecular weight is 351 g/mol. The molecule has 1 aromatic heterocycles. The molecule has 21 heavy (non-hydrogen) atoms. The van der Waals surface area contributed by atoms with Crippen molar-refractivity contribution in [2.24, 2.45) is 5.84 Å². The Morgan fingerprint density at radius 3 is 3.00 bits per heavy atom. The summed E-state index contributed by atoms with van der Waals surface area (Å²) in [6.07, 6.45) is 2.42. The molecule has 1 aliphatic rings. The summed E-state index contributed by atoms with van der Waals surface area (Å²) in [4.78, 5) is 8.17. The van der Waals surface area contributed by atoms with Crippen molar-refractivity contribution in [3.63, 3.8) is 0 Å². The number of rotatable bonds is 3. The number of ether oxygens (including phenoxy) is 2. The van der Waals surface area contributed by atoms with E-state index in [1.54, 1.807) is 6.20 Å². The zero-order valence-corrected chi connectivity index (χ0v) is 13.3. The number of halogens is 1. The molecule has 6 nitrogen and oxygen atoms in total. The average Bonchev–Trinajstić information content (AvgIpc) is 2.76. The topological polar surface area (TPSA) is 82.3 Å². The molecule has 0 amide bonds. The smallest absolute Gasteiger partial charge is 0.240 e. The van der Waals surface area contributed by atoms with E-state index in [0.29, 0.717) is 16.1 Å². The molecule has 0 bridgehead atoms. The summed E-state index contributed by atoms with van der Waals surface area (Å²) in [6, 6.07) is 5.83. The number of hydrazine groups is 1. The minimum absolute atomic E-state index is 0.228. The number of benzene rings is 1. The van der Waals surface area contributed by atoms with Gasteiger partial charge in [0, 0.05) is 12.0 Å². The molecular formula is C14H15BrN4O2. The van der Waals surface area contributed by atoms with Crippen LogP contribution in [0.1, 0.15) is 19.4 Å². The summed E-state index contributed by atoms with van der Waals surface area (Å²) in [6.45, 7) is 4.10. The number of anilines is 1. The molecule has 0 saturated carbocycles. The van der Waals surface area contributed by atoms with Crippen LogP contribution >= 0.6 is 15.9 Å². The predicted octanol–water partition coefficient (Wildman–Crippen LogP) is 3.03. The molecule has 7 heteroatoms. The summed E-state index contributed by atoms with van der Waals surface area (Å²) in [5, 5.41) is 0. The van der Waals surface area contributed by atoms with Crippen molar-refractivity contribution >= 4 is 21.9 Å². The monoisotopic (exact) mass is 350 g/mol. The van der Waals surface area contributed by atoms with Crippen molar-refractivity contribution in [3.05, 3.63) is 34.4 Å². The van der Waals surface area contributed by atoms with Crippen LogP contribution in [0.25, 0.3) is 0 Å². The highest BCUT2D eigenvalue weighted by atomic mass is 79.9. The zero-order chi connectivity index (χ0) is 15.0. The van der Waals surface area contributed by atoms with Crippen LogP contribution in [0.5, 0.6) is 17.4 Å². The summed E-state index contributed by atoms with van der Waals surface area (Å²) in [5.41, 5.74) is 3.29. The summed E-state index contributed by atoms with van der Waals surface area (Å²) in [7, 11) is 0. The Hall–Kier alpha value is -1.86. The van der Waals surface area contributed by atoms with Crippen LogP contribution in [0.3, 0.4) is 0 Å². The highest BCUT2D eigenvalue weighted by molar-refractivity contribution is 9.10. The number of nitrogens with one attached hydrogen (secondary N) is 1. The number of aromatic nitrogens is 2. The third kappa shape index (κ3) is 2.79. The van der Waals surface area contributed by atoms with E-state index in [-0.39, 0.29) is 11.5 Å². The fourth-order valence-corrected chi connectivity index (χ4v) is 2.54. The van der Waals surface area contributed by atoms with Crippen molar-refractivity contribution < 1.29 is 9.47 Å². The van der Waals surface area contributed by atoms with Gasteiger partial charge in [0.15, 0.2) is 11.5 Å². The molecule has 2 aromatic rings. The van der Waals surface area contributed by atoms with Gasteiger partial charge in [-0.15, -0.1) is 0 Å². The maximum Gasteiger partial charge on any atom is 0.240 e. The number of nitrogens with two attached hydrogens (primary N) is 1. The second kappa shape index (κ2) is 5.16. The molecule has 1 aromatic carbocycles. The quantitative estimate of drug-likeness (QED) is 0.653. The van der Waals surface area contributed by atoms with E-state index in [1.807, 2.05) is 32.0 Å². The lowest BCUT2D eigenvalue weighted by Crippen LogP contribution is -2.24. The Morgan fingerprint density at radius 1 is 1.43 bits per heavy atom. The van der Waals surface area contributed by atoms with E-state index < -0.39 is 0 Å². The first-order valence-corrected chi connectivity index (χ1v) is 7.26. The van der Waals surface area contributed by atoms with E-state index >= 15 is 0 Å². The maximum atomic E-state index is 5.97. The Labute approximate surface area is 130 Å². The van der Waals surface area contributed by atoms with Gasteiger partial charge in [-0.1, -0.05) is 12.1 Å². The molecule has 0 atom stereocenters. The summed E-state index contributed by atoms with van der Waals surface area (Å²) in [5.74, 6) is 7.36. The lowest BCUT2D eigenvalue weighted by molar-refractivity contribution is 0.135. The molecule has 0 radical (unpaired) electrons. The predicted molar refractivity (Wildman–Crippen MR) is 82.5 cm³/mol. The Morgan fingerprint density at radius 2 is 2.24 bits per heavy atom. The Balaban J connectivity index is 1.96. The van der Waals surface area contributed by atoms with Gasteiger partial charge in [0.1, 0.15) is 5.60 Å². The Kier molecular flexibility index (Phi) is 3.46. The van der Waals surface area contributed by atoms with Crippen LogP contribution < -0.4 is 20.7 Å². The van der Waals surface area contributed by atoms with E-state index in [4.69, 9.17) is 15.3 Å². The number of para-hydroxylation sites is 1. The van der Waals surface area contributed by atoms with Crippen LogP contribution in [0.2, 0.25) is 0 Å². The third-order valence-electron chi connectivity index (χ3n) is 3.10. The van der Waals surface area contributed by atoms with Crippen LogP contribution in [-0.4, -0.2) is 15.6 Å². The SMILES string of the molecule is CC1(C)Cc2cccc(Oc3nc(NN)ncc3Br)c2O1. The first kappa shape index (κ1) is 14.1. The van der Waals surface area contributed by atoms with E-state index in [9.17, 15) is 0 Å². The van der Waals surface area contributed by atoms with Gasteiger partial charge in [-0.2, -0.15) is 4.98 Å². The van der Waals surface area contributed by atoms with Crippen molar-refractivity contribution in [2.75, 3.05) is 5.43 Å². The minimum Gasteiger partial charge on any atom is -0.483 e. The van der Waals surface area contributed by atoms with Crippen LogP contribution in [0, 0.1) is 0 Å². The molecule has 0 saturated heterocycles. The van der Waals surface area contributed by atoms with Gasteiger partial charge in [0.05, 0.1) is 10.7 Å². The van der Waals surface area contributed by atoms with Gasteiger partial charge in [-0.3, -0.25) is 5.43 Å². The van der Waals surface area contributed by atoms with E-state index in [2.05, 4.69) is 31.3 Å². The number of nitrogen functional groups attached to an aromatic ring is 1. The molecule has 2 heterocycles. The van der Waals surface area contributed by atoms with Gasteiger partial charge >= 0.3 is 0 Å². The minimum atomic E-state index is -0.228. The highest BCUT2D eigenvalue weighted by Gasteiger charge is 2.32. The number of fused-ring (bicyclic) bond motifs is 1. The molecule has 0 fully saturated rings. The highest BCUT2D eigenvalue weighted by Crippen LogP contribution is 2.43. The second-order valence-corrected chi connectivity index (χ2v) is 6.23. The largest absolute Gasteiger partial charge is 0.483 e. The summed E-state index contributed by atoms with van der Waals surface area (Å²) >= 11 is 3.36. The first-order valence-electron chi connectivity index (χ1n) is 6.46. The number of nitrogens with zero attached hydrogens (tertiary/aromatic N) is 2. The lowest BCUT2D eigenvalue weighted by Gasteiger charge is -2.18. The standard InChI is InChI=1S/C14H15BrN4O2/c1-14(2)6-8-4-3-5-10(11(8)21-14)20-12-9(15)7-17-13(18-12)19-16/h3-5,7H,6,16H2,1-2H3,(H,17,18,19). The number of hydrogen-bond donors (Lipinski definition) is 2. The molecule has 3 rings (SSSR count). The van der Waals surface area contributed by atoms with Crippen molar-refractivity contribution in [3.8, 4) is 17.4 Å². The first-order chi connectivity index (χ1) is 9.98. The van der Waals surface area contributed by atoms with Crippen molar-refractivity contribution in [1.29, 1.82) is 0 Å². The molecule has 110 valence electrons. The second-order valence-electron chi connectivity index (χ2n) is 5.38. The van der Waals surface area contributed by atoms with Crippen LogP contribution in [0.15, 0.2) is 28.9 Å². The van der Waals surface area contributed by atoms with Crippen LogP contribution in [0.4, 0.5) is 5.95 Å². The normalized spacial score (nSPS) is 15.2. The molecule has 0 aliphatic carbocycles. The molecule has 3 N–H and O–H groups in total. The molecular weight excluding hydrogens is 336 g/mol. The lowest BCUT2D eigenvalue weighted by atomic mass is 10.0. The number of hydrogen-bond acceptors (Lipinski definition) is 6. The van der Waals surface area contributed by atoms with Gasteiger partial charge in [-0.25, -0.2) is 10.8 Å².